The van der Waals surface area contributed by atoms with Crippen LogP contribution in [0.15, 0.2) is 18.2 Å². The number of carbonyl (C=O) groups is 3. The fraction of sp³-hybridized carbons (Fsp3) is 0.640. The Balaban J connectivity index is 2.23. The zero-order chi connectivity index (χ0) is 27.8. The number of benzene rings is 1. The summed E-state index contributed by atoms with van der Waals surface area (Å²) >= 11 is 0. The molecular weight excluding hydrogens is 491 g/mol. The zero-order valence-corrected chi connectivity index (χ0v) is 21.7. The van der Waals surface area contributed by atoms with Gasteiger partial charge in [-0.15, -0.1) is 0 Å². The third kappa shape index (κ3) is 8.60. The van der Waals surface area contributed by atoms with Gasteiger partial charge in [-0.3, -0.25) is 9.59 Å². The number of halogens is 3. The molecule has 1 fully saturated rings. The highest BCUT2D eigenvalue weighted by atomic mass is 19.4. The van der Waals surface area contributed by atoms with Crippen LogP contribution < -0.4 is 21.3 Å². The second kappa shape index (κ2) is 13.6. The molecule has 1 aliphatic rings. The molecule has 0 radical (unpaired) electrons. The van der Waals surface area contributed by atoms with Gasteiger partial charge in [0.05, 0.1) is 29.0 Å². The topological polar surface area (TPSA) is 123 Å². The van der Waals surface area contributed by atoms with E-state index in [1.165, 1.54) is 4.90 Å². The maximum absolute atomic E-state index is 13.3. The third-order valence-electron chi connectivity index (χ3n) is 6.06. The highest BCUT2D eigenvalue weighted by Gasteiger charge is 2.39. The van der Waals surface area contributed by atoms with Crippen molar-refractivity contribution in [3.05, 3.63) is 29.3 Å². The van der Waals surface area contributed by atoms with Gasteiger partial charge in [-0.1, -0.05) is 27.2 Å². The molecular formula is C25H38F3N5O4. The molecule has 0 aliphatic carbocycles. The number of anilines is 1. The summed E-state index contributed by atoms with van der Waals surface area (Å²) in [5, 5.41) is 21.3. The summed E-state index contributed by atoms with van der Waals surface area (Å²) in [7, 11) is 0. The molecule has 0 unspecified atom stereocenters. The molecule has 0 spiro atoms. The first-order valence-corrected chi connectivity index (χ1v) is 12.6. The number of aliphatic hydroxyl groups excluding tert-OH is 1. The second-order valence-corrected chi connectivity index (χ2v) is 9.56. The summed E-state index contributed by atoms with van der Waals surface area (Å²) < 4.78 is 40.0. The lowest BCUT2D eigenvalue weighted by molar-refractivity contribution is -0.137. The number of amides is 4. The van der Waals surface area contributed by atoms with Crippen molar-refractivity contribution >= 4 is 23.5 Å². The largest absolute Gasteiger partial charge is 0.416 e. The van der Waals surface area contributed by atoms with E-state index in [1.807, 2.05) is 20.8 Å². The molecule has 2 rings (SSSR count). The molecule has 1 heterocycles. The molecule has 0 bridgehead atoms. The lowest BCUT2D eigenvalue weighted by Crippen LogP contribution is -2.53. The lowest BCUT2D eigenvalue weighted by Gasteiger charge is -2.32. The summed E-state index contributed by atoms with van der Waals surface area (Å²) in [6.07, 6.45) is -4.01. The molecule has 5 N–H and O–H groups in total. The molecule has 4 amide bonds. The van der Waals surface area contributed by atoms with Crippen LogP contribution in [0.1, 0.15) is 62.9 Å². The molecule has 37 heavy (non-hydrogen) atoms. The van der Waals surface area contributed by atoms with Crippen LogP contribution in [0.3, 0.4) is 0 Å². The van der Waals surface area contributed by atoms with Crippen molar-refractivity contribution in [2.75, 3.05) is 31.5 Å². The van der Waals surface area contributed by atoms with E-state index in [1.54, 1.807) is 6.92 Å². The fourth-order valence-electron chi connectivity index (χ4n) is 4.21. The molecule has 1 aromatic carbocycles. The summed E-state index contributed by atoms with van der Waals surface area (Å²) in [5.74, 6) is -0.952. The van der Waals surface area contributed by atoms with Crippen molar-refractivity contribution in [1.82, 2.24) is 20.9 Å². The molecule has 9 nitrogen and oxygen atoms in total. The lowest BCUT2D eigenvalue weighted by atomic mass is 10.0. The number of likely N-dealkylation sites (tertiary alicyclic amines) is 1. The van der Waals surface area contributed by atoms with Crippen LogP contribution >= 0.6 is 0 Å². The Bertz CT molecular complexity index is 941. The van der Waals surface area contributed by atoms with Crippen LogP contribution in [0.5, 0.6) is 0 Å². The normalized spacial score (nSPS) is 17.6. The van der Waals surface area contributed by atoms with Crippen LogP contribution in [0.2, 0.25) is 0 Å². The van der Waals surface area contributed by atoms with Crippen LogP contribution in [-0.2, 0) is 11.0 Å². The van der Waals surface area contributed by atoms with Crippen LogP contribution in [0.4, 0.5) is 23.7 Å². The van der Waals surface area contributed by atoms with E-state index in [9.17, 15) is 32.7 Å². The number of hydrogen-bond donors (Lipinski definition) is 5. The van der Waals surface area contributed by atoms with Gasteiger partial charge in [0.2, 0.25) is 5.91 Å². The van der Waals surface area contributed by atoms with Crippen LogP contribution in [0.25, 0.3) is 0 Å². The first-order valence-electron chi connectivity index (χ1n) is 12.6. The Kier molecular flexibility index (Phi) is 11.2. The standard InChI is InChI=1S/C25H38F3N5O4/c1-5-7-21(34)20(14-29-13-15(3)4)33-11-10-19(23(33)36)31-22(35)17-12-16(25(26,27)28)8-9-18(17)32-24(37)30-6-2/h8-9,12,15,19-21,29,34H,5-7,10-11,13-14H2,1-4H3,(H,31,35)(H2,30,32,37)/t19-,20-,21-/m0/s1. The SMILES string of the molecule is CCC[C@H](O)[C@H](CNCC(C)C)N1CC[C@H](NC(=O)c2cc(C(F)(F)F)ccc2NC(=O)NCC)C1=O. The molecule has 1 saturated heterocycles. The number of urea groups is 1. The van der Waals surface area contributed by atoms with E-state index in [0.717, 1.165) is 18.6 Å². The monoisotopic (exact) mass is 529 g/mol. The zero-order valence-electron chi connectivity index (χ0n) is 21.7. The predicted octanol–water partition coefficient (Wildman–Crippen LogP) is 2.95. The Hall–Kier alpha value is -2.86. The van der Waals surface area contributed by atoms with E-state index < -0.39 is 53.3 Å². The Morgan fingerprint density at radius 3 is 2.49 bits per heavy atom. The average Bonchev–Trinajstić information content (AvgIpc) is 3.15. The first-order chi connectivity index (χ1) is 17.4. The van der Waals surface area contributed by atoms with Gasteiger partial charge >= 0.3 is 12.2 Å². The molecule has 1 aromatic rings. The molecule has 0 aromatic heterocycles. The highest BCUT2D eigenvalue weighted by Crippen LogP contribution is 2.32. The van der Waals surface area contributed by atoms with E-state index in [-0.39, 0.29) is 25.2 Å². The number of nitrogens with one attached hydrogen (secondary N) is 4. The van der Waals surface area contributed by atoms with Gasteiger partial charge in [0, 0.05) is 19.6 Å². The number of nitrogens with zero attached hydrogens (tertiary/aromatic N) is 1. The van der Waals surface area contributed by atoms with Crippen molar-refractivity contribution in [3.8, 4) is 0 Å². The number of aliphatic hydroxyl groups is 1. The van der Waals surface area contributed by atoms with Crippen LogP contribution in [0, 0.1) is 5.92 Å². The maximum Gasteiger partial charge on any atom is 0.416 e. The Morgan fingerprint density at radius 2 is 1.89 bits per heavy atom. The molecule has 208 valence electrons. The van der Waals surface area contributed by atoms with Gasteiger partial charge in [0.1, 0.15) is 6.04 Å². The molecule has 3 atom stereocenters. The van der Waals surface area contributed by atoms with Gasteiger partial charge in [-0.25, -0.2) is 4.79 Å². The minimum atomic E-state index is -4.70. The number of rotatable bonds is 12. The number of alkyl halides is 3. The summed E-state index contributed by atoms with van der Waals surface area (Å²) in [4.78, 5) is 39.8. The quantitative estimate of drug-likeness (QED) is 0.285. The van der Waals surface area contributed by atoms with Gasteiger partial charge in [0.15, 0.2) is 0 Å². The fourth-order valence-corrected chi connectivity index (χ4v) is 4.21. The van der Waals surface area contributed by atoms with Crippen LogP contribution in [-0.4, -0.2) is 72.2 Å². The predicted molar refractivity (Wildman–Crippen MR) is 134 cm³/mol. The number of hydrogen-bond acceptors (Lipinski definition) is 5. The first kappa shape index (κ1) is 30.4. The smallest absolute Gasteiger partial charge is 0.391 e. The van der Waals surface area contributed by atoms with Gasteiger partial charge in [-0.2, -0.15) is 13.2 Å². The minimum Gasteiger partial charge on any atom is -0.391 e. The summed E-state index contributed by atoms with van der Waals surface area (Å²) in [6.45, 7) is 9.31. The number of carbonyl (C=O) groups excluding carboxylic acids is 3. The summed E-state index contributed by atoms with van der Waals surface area (Å²) in [5.41, 5.74) is -1.58. The van der Waals surface area contributed by atoms with E-state index in [0.29, 0.717) is 31.5 Å². The maximum atomic E-state index is 13.3. The molecule has 12 heteroatoms. The second-order valence-electron chi connectivity index (χ2n) is 9.56. The van der Waals surface area contributed by atoms with Gasteiger partial charge < -0.3 is 31.3 Å². The van der Waals surface area contributed by atoms with Gasteiger partial charge in [-0.05, 0) is 50.4 Å². The van der Waals surface area contributed by atoms with Crippen molar-refractivity contribution in [3.63, 3.8) is 0 Å². The average molecular weight is 530 g/mol. The summed E-state index contributed by atoms with van der Waals surface area (Å²) in [6, 6.07) is 0.272. The van der Waals surface area contributed by atoms with E-state index >= 15 is 0 Å². The van der Waals surface area contributed by atoms with Crippen molar-refractivity contribution in [1.29, 1.82) is 0 Å². The minimum absolute atomic E-state index is 0.118. The third-order valence-corrected chi connectivity index (χ3v) is 6.06. The highest BCUT2D eigenvalue weighted by molar-refractivity contribution is 6.05. The van der Waals surface area contributed by atoms with Crippen molar-refractivity contribution < 1.29 is 32.7 Å². The molecule has 1 aliphatic heterocycles. The van der Waals surface area contributed by atoms with E-state index in [2.05, 4.69) is 21.3 Å². The van der Waals surface area contributed by atoms with Crippen molar-refractivity contribution in [2.45, 2.75) is 71.3 Å². The Labute approximate surface area is 215 Å². The van der Waals surface area contributed by atoms with E-state index in [4.69, 9.17) is 0 Å². The van der Waals surface area contributed by atoms with Crippen molar-refractivity contribution in [2.24, 2.45) is 5.92 Å². The molecule has 0 saturated carbocycles. The Morgan fingerprint density at radius 1 is 1.19 bits per heavy atom. The van der Waals surface area contributed by atoms with Gasteiger partial charge in [0.25, 0.3) is 5.91 Å².